The standard InChI is InChI=1S/C16H22BrClN2O/c1-2-3-8-20-9-6-13(7-10-20)19-16(21)12-4-5-14(17)15(18)11-12/h4-5,11,13H,2-3,6-10H2,1H3,(H,19,21). The summed E-state index contributed by atoms with van der Waals surface area (Å²) < 4.78 is 0.810. The van der Waals surface area contributed by atoms with E-state index in [9.17, 15) is 4.79 Å². The maximum absolute atomic E-state index is 12.2. The molecular weight excluding hydrogens is 352 g/mol. The quantitative estimate of drug-likeness (QED) is 0.843. The molecule has 1 saturated heterocycles. The number of nitrogens with one attached hydrogen (secondary N) is 1. The third kappa shape index (κ3) is 4.97. The second kappa shape index (κ2) is 8.16. The molecule has 0 aliphatic carbocycles. The fourth-order valence-electron chi connectivity index (χ4n) is 2.59. The molecule has 3 nitrogen and oxygen atoms in total. The molecule has 1 aromatic carbocycles. The number of rotatable bonds is 5. The normalized spacial score (nSPS) is 16.9. The van der Waals surface area contributed by atoms with Crippen LogP contribution in [0.1, 0.15) is 43.0 Å². The van der Waals surface area contributed by atoms with Gasteiger partial charge >= 0.3 is 0 Å². The third-order valence-corrected chi connectivity index (χ3v) is 5.16. The van der Waals surface area contributed by atoms with Crippen LogP contribution >= 0.6 is 27.5 Å². The van der Waals surface area contributed by atoms with Gasteiger partial charge in [-0.15, -0.1) is 0 Å². The fraction of sp³-hybridized carbons (Fsp3) is 0.562. The average Bonchev–Trinajstić information content (AvgIpc) is 2.49. The van der Waals surface area contributed by atoms with E-state index in [1.54, 1.807) is 12.1 Å². The van der Waals surface area contributed by atoms with Gasteiger partial charge in [0.15, 0.2) is 0 Å². The zero-order valence-corrected chi connectivity index (χ0v) is 14.7. The van der Waals surface area contributed by atoms with Crippen LogP contribution in [0.25, 0.3) is 0 Å². The number of piperidine rings is 1. The summed E-state index contributed by atoms with van der Waals surface area (Å²) in [6, 6.07) is 5.58. The first kappa shape index (κ1) is 16.8. The topological polar surface area (TPSA) is 32.3 Å². The van der Waals surface area contributed by atoms with Gasteiger partial charge in [0.05, 0.1) is 5.02 Å². The third-order valence-electron chi connectivity index (χ3n) is 3.93. The molecule has 5 heteroatoms. The Morgan fingerprint density at radius 2 is 2.14 bits per heavy atom. The van der Waals surface area contributed by atoms with E-state index < -0.39 is 0 Å². The second-order valence-corrected chi connectivity index (χ2v) is 6.83. The molecular formula is C16H22BrClN2O. The Morgan fingerprint density at radius 3 is 2.76 bits per heavy atom. The lowest BCUT2D eigenvalue weighted by atomic mass is 10.0. The zero-order chi connectivity index (χ0) is 15.2. The van der Waals surface area contributed by atoms with E-state index >= 15 is 0 Å². The Hall–Kier alpha value is -0.580. The van der Waals surface area contributed by atoms with Crippen LogP contribution in [0.4, 0.5) is 0 Å². The Kier molecular flexibility index (Phi) is 6.52. The Labute approximate surface area is 140 Å². The van der Waals surface area contributed by atoms with Gasteiger partial charge in [-0.1, -0.05) is 24.9 Å². The van der Waals surface area contributed by atoms with Crippen molar-refractivity contribution in [1.29, 1.82) is 0 Å². The first-order chi connectivity index (χ1) is 10.1. The molecule has 0 spiro atoms. The van der Waals surface area contributed by atoms with Crippen LogP contribution in [-0.2, 0) is 0 Å². The Bertz CT molecular complexity index is 487. The van der Waals surface area contributed by atoms with E-state index in [0.717, 1.165) is 30.4 Å². The molecule has 1 fully saturated rings. The minimum atomic E-state index is -0.0311. The van der Waals surface area contributed by atoms with Crippen LogP contribution < -0.4 is 5.32 Å². The number of carbonyl (C=O) groups is 1. The van der Waals surface area contributed by atoms with Crippen molar-refractivity contribution in [3.8, 4) is 0 Å². The number of amides is 1. The lowest BCUT2D eigenvalue weighted by molar-refractivity contribution is 0.0911. The Balaban J connectivity index is 1.82. The molecule has 0 bridgehead atoms. The lowest BCUT2D eigenvalue weighted by Gasteiger charge is -2.32. The number of hydrogen-bond donors (Lipinski definition) is 1. The van der Waals surface area contributed by atoms with E-state index in [0.29, 0.717) is 10.6 Å². The highest BCUT2D eigenvalue weighted by Gasteiger charge is 2.20. The molecule has 1 N–H and O–H groups in total. The first-order valence-corrected chi connectivity index (χ1v) is 8.75. The summed E-state index contributed by atoms with van der Waals surface area (Å²) in [5.74, 6) is -0.0311. The van der Waals surface area contributed by atoms with Crippen LogP contribution in [0.3, 0.4) is 0 Å². The second-order valence-electron chi connectivity index (χ2n) is 5.57. The first-order valence-electron chi connectivity index (χ1n) is 7.58. The number of benzene rings is 1. The minimum absolute atomic E-state index is 0.0311. The molecule has 0 radical (unpaired) electrons. The Morgan fingerprint density at radius 1 is 1.43 bits per heavy atom. The molecule has 1 heterocycles. The smallest absolute Gasteiger partial charge is 0.251 e. The van der Waals surface area contributed by atoms with E-state index in [2.05, 4.69) is 33.1 Å². The number of carbonyl (C=O) groups excluding carboxylic acids is 1. The molecule has 21 heavy (non-hydrogen) atoms. The molecule has 0 unspecified atom stereocenters. The highest BCUT2D eigenvalue weighted by Crippen LogP contribution is 2.23. The molecule has 1 aromatic rings. The van der Waals surface area contributed by atoms with Crippen molar-refractivity contribution < 1.29 is 4.79 Å². The van der Waals surface area contributed by atoms with Crippen molar-refractivity contribution in [1.82, 2.24) is 10.2 Å². The summed E-state index contributed by atoms with van der Waals surface area (Å²) in [5, 5.41) is 3.69. The summed E-state index contributed by atoms with van der Waals surface area (Å²) in [6.45, 7) is 5.55. The van der Waals surface area contributed by atoms with E-state index in [1.165, 1.54) is 19.4 Å². The van der Waals surface area contributed by atoms with Gasteiger partial charge in [-0.2, -0.15) is 0 Å². The van der Waals surface area contributed by atoms with Crippen LogP contribution in [0, 0.1) is 0 Å². The highest BCUT2D eigenvalue weighted by atomic mass is 79.9. The van der Waals surface area contributed by atoms with Crippen molar-refractivity contribution in [3.63, 3.8) is 0 Å². The summed E-state index contributed by atoms with van der Waals surface area (Å²) in [6.07, 6.45) is 4.55. The molecule has 0 aromatic heterocycles. The van der Waals surface area contributed by atoms with Crippen LogP contribution in [-0.4, -0.2) is 36.5 Å². The predicted molar refractivity (Wildman–Crippen MR) is 91.0 cm³/mol. The van der Waals surface area contributed by atoms with E-state index in [4.69, 9.17) is 11.6 Å². The summed E-state index contributed by atoms with van der Waals surface area (Å²) in [4.78, 5) is 14.7. The molecule has 1 aliphatic heterocycles. The van der Waals surface area contributed by atoms with Gasteiger partial charge in [-0.25, -0.2) is 0 Å². The van der Waals surface area contributed by atoms with Gasteiger partial charge in [0, 0.05) is 29.2 Å². The maximum atomic E-state index is 12.2. The maximum Gasteiger partial charge on any atom is 0.251 e. The molecule has 0 saturated carbocycles. The van der Waals surface area contributed by atoms with Gasteiger partial charge in [-0.3, -0.25) is 4.79 Å². The average molecular weight is 374 g/mol. The SMILES string of the molecule is CCCCN1CCC(NC(=O)c2ccc(Br)c(Cl)c2)CC1. The van der Waals surface area contributed by atoms with E-state index in [-0.39, 0.29) is 11.9 Å². The van der Waals surface area contributed by atoms with Crippen molar-refractivity contribution in [2.45, 2.75) is 38.6 Å². The van der Waals surface area contributed by atoms with Crippen molar-refractivity contribution >= 4 is 33.4 Å². The molecule has 1 amide bonds. The number of nitrogens with zero attached hydrogens (tertiary/aromatic N) is 1. The van der Waals surface area contributed by atoms with Gasteiger partial charge in [0.2, 0.25) is 0 Å². The minimum Gasteiger partial charge on any atom is -0.349 e. The predicted octanol–water partition coefficient (Wildman–Crippen LogP) is 4.10. The number of hydrogen-bond acceptors (Lipinski definition) is 2. The summed E-state index contributed by atoms with van der Waals surface area (Å²) in [5.41, 5.74) is 0.622. The van der Waals surface area contributed by atoms with Crippen molar-refractivity contribution in [3.05, 3.63) is 33.3 Å². The molecule has 116 valence electrons. The van der Waals surface area contributed by atoms with Gasteiger partial charge in [0.1, 0.15) is 0 Å². The molecule has 0 atom stereocenters. The van der Waals surface area contributed by atoms with E-state index in [1.807, 2.05) is 6.07 Å². The monoisotopic (exact) mass is 372 g/mol. The molecule has 1 aliphatic rings. The zero-order valence-electron chi connectivity index (χ0n) is 12.4. The summed E-state index contributed by atoms with van der Waals surface area (Å²) >= 11 is 9.37. The lowest BCUT2D eigenvalue weighted by Crippen LogP contribution is -2.44. The van der Waals surface area contributed by atoms with Gasteiger partial charge in [0.25, 0.3) is 5.91 Å². The largest absolute Gasteiger partial charge is 0.349 e. The van der Waals surface area contributed by atoms with Gasteiger partial charge < -0.3 is 10.2 Å². The number of likely N-dealkylation sites (tertiary alicyclic amines) is 1. The number of halogens is 2. The van der Waals surface area contributed by atoms with Crippen molar-refractivity contribution in [2.75, 3.05) is 19.6 Å². The van der Waals surface area contributed by atoms with Crippen LogP contribution in [0.5, 0.6) is 0 Å². The summed E-state index contributed by atoms with van der Waals surface area (Å²) in [7, 11) is 0. The van der Waals surface area contributed by atoms with Gasteiger partial charge in [-0.05, 0) is 59.9 Å². The van der Waals surface area contributed by atoms with Crippen molar-refractivity contribution in [2.24, 2.45) is 0 Å². The number of unbranched alkanes of at least 4 members (excludes halogenated alkanes) is 1. The fourth-order valence-corrected chi connectivity index (χ4v) is 3.02. The highest BCUT2D eigenvalue weighted by molar-refractivity contribution is 9.10. The van der Waals surface area contributed by atoms with Crippen LogP contribution in [0.15, 0.2) is 22.7 Å². The molecule has 2 rings (SSSR count). The van der Waals surface area contributed by atoms with Crippen LogP contribution in [0.2, 0.25) is 5.02 Å².